The molecule has 2 N–H and O–H groups in total. The number of sulfonamides is 1. The summed E-state index contributed by atoms with van der Waals surface area (Å²) >= 11 is 0. The third kappa shape index (κ3) is 3.13. The number of likely N-dealkylation sites (tertiary alicyclic amines) is 1. The average Bonchev–Trinajstić information content (AvgIpc) is 3.03. The Morgan fingerprint density at radius 2 is 2.14 bits per heavy atom. The van der Waals surface area contributed by atoms with Crippen molar-refractivity contribution in [3.8, 4) is 0 Å². The van der Waals surface area contributed by atoms with Crippen molar-refractivity contribution >= 4 is 15.9 Å². The molecule has 0 aliphatic carbocycles. The van der Waals surface area contributed by atoms with Gasteiger partial charge in [-0.15, -0.1) is 0 Å². The van der Waals surface area contributed by atoms with Crippen LogP contribution in [0.2, 0.25) is 0 Å². The van der Waals surface area contributed by atoms with E-state index in [1.807, 2.05) is 18.7 Å². The van der Waals surface area contributed by atoms with Crippen LogP contribution in [-0.4, -0.2) is 36.4 Å². The number of primary sulfonamides is 1. The molecular formula is C14H23N3O3S. The first-order valence-electron chi connectivity index (χ1n) is 7.31. The van der Waals surface area contributed by atoms with E-state index in [1.165, 1.54) is 12.3 Å². The average molecular weight is 313 g/mol. The first-order valence-corrected chi connectivity index (χ1v) is 8.86. The molecule has 1 aromatic rings. The molecule has 6 nitrogen and oxygen atoms in total. The molecule has 0 aromatic carbocycles. The summed E-state index contributed by atoms with van der Waals surface area (Å²) in [6.07, 6.45) is 4.36. The molecule has 0 spiro atoms. The molecular weight excluding hydrogens is 290 g/mol. The van der Waals surface area contributed by atoms with Crippen molar-refractivity contribution in [1.82, 2.24) is 9.47 Å². The van der Waals surface area contributed by atoms with Crippen LogP contribution in [0.5, 0.6) is 0 Å². The van der Waals surface area contributed by atoms with Gasteiger partial charge in [-0.25, -0.2) is 13.6 Å². The number of carbonyl (C=O) groups excluding carboxylic acids is 1. The smallest absolute Gasteiger partial charge is 0.270 e. The predicted octanol–water partition coefficient (Wildman–Crippen LogP) is 1.73. The molecule has 1 amide bonds. The Morgan fingerprint density at radius 3 is 2.67 bits per heavy atom. The van der Waals surface area contributed by atoms with Crippen LogP contribution in [0, 0.1) is 0 Å². The van der Waals surface area contributed by atoms with Crippen LogP contribution in [0.15, 0.2) is 17.2 Å². The van der Waals surface area contributed by atoms with Crippen molar-refractivity contribution in [2.45, 2.75) is 57.0 Å². The lowest BCUT2D eigenvalue weighted by Crippen LogP contribution is -2.36. The predicted molar refractivity (Wildman–Crippen MR) is 80.5 cm³/mol. The van der Waals surface area contributed by atoms with Crippen molar-refractivity contribution in [2.24, 2.45) is 5.14 Å². The lowest BCUT2D eigenvalue weighted by atomic mass is 10.1. The van der Waals surface area contributed by atoms with Crippen molar-refractivity contribution < 1.29 is 13.2 Å². The molecule has 21 heavy (non-hydrogen) atoms. The van der Waals surface area contributed by atoms with Gasteiger partial charge in [-0.1, -0.05) is 6.92 Å². The van der Waals surface area contributed by atoms with E-state index in [0.717, 1.165) is 25.8 Å². The Morgan fingerprint density at radius 1 is 1.48 bits per heavy atom. The Kier molecular flexibility index (Phi) is 4.43. The van der Waals surface area contributed by atoms with E-state index in [9.17, 15) is 13.2 Å². The molecule has 2 heterocycles. The van der Waals surface area contributed by atoms with E-state index >= 15 is 0 Å². The van der Waals surface area contributed by atoms with Gasteiger partial charge in [0, 0.05) is 24.8 Å². The molecule has 0 saturated carbocycles. The third-order valence-corrected chi connectivity index (χ3v) is 4.92. The van der Waals surface area contributed by atoms with Gasteiger partial charge in [0.25, 0.3) is 5.91 Å². The minimum absolute atomic E-state index is 0.00760. The zero-order valence-corrected chi connectivity index (χ0v) is 13.6. The second-order valence-corrected chi connectivity index (χ2v) is 7.37. The minimum atomic E-state index is -3.81. The van der Waals surface area contributed by atoms with Gasteiger partial charge >= 0.3 is 0 Å². The summed E-state index contributed by atoms with van der Waals surface area (Å²) in [5.41, 5.74) is 0.398. The molecule has 1 fully saturated rings. The van der Waals surface area contributed by atoms with Gasteiger partial charge in [0.05, 0.1) is 0 Å². The molecule has 2 rings (SSSR count). The maximum absolute atomic E-state index is 12.8. The number of amides is 1. The Hall–Kier alpha value is -1.34. The van der Waals surface area contributed by atoms with Gasteiger partial charge in [0.1, 0.15) is 10.6 Å². The molecule has 0 bridgehead atoms. The largest absolute Gasteiger partial charge is 0.340 e. The molecule has 1 aromatic heterocycles. The zero-order valence-electron chi connectivity index (χ0n) is 12.7. The summed E-state index contributed by atoms with van der Waals surface area (Å²) in [5, 5.41) is 5.18. The summed E-state index contributed by atoms with van der Waals surface area (Å²) in [7, 11) is -3.81. The minimum Gasteiger partial charge on any atom is -0.340 e. The highest BCUT2D eigenvalue weighted by Crippen LogP contribution is 2.25. The summed E-state index contributed by atoms with van der Waals surface area (Å²) in [4.78, 5) is 14.6. The van der Waals surface area contributed by atoms with Crippen molar-refractivity contribution in [3.63, 3.8) is 0 Å². The van der Waals surface area contributed by atoms with Crippen LogP contribution in [0.3, 0.4) is 0 Å². The topological polar surface area (TPSA) is 85.4 Å². The fourth-order valence-corrected chi connectivity index (χ4v) is 3.42. The van der Waals surface area contributed by atoms with E-state index < -0.39 is 10.0 Å². The van der Waals surface area contributed by atoms with Crippen LogP contribution in [0.4, 0.5) is 0 Å². The van der Waals surface area contributed by atoms with E-state index in [1.54, 1.807) is 4.57 Å². The van der Waals surface area contributed by atoms with Gasteiger partial charge in [-0.3, -0.25) is 4.79 Å². The van der Waals surface area contributed by atoms with E-state index in [4.69, 9.17) is 5.14 Å². The van der Waals surface area contributed by atoms with Crippen molar-refractivity contribution in [3.05, 3.63) is 18.0 Å². The van der Waals surface area contributed by atoms with Crippen LogP contribution in [0.1, 0.15) is 56.6 Å². The van der Waals surface area contributed by atoms with Gasteiger partial charge in [0.15, 0.2) is 0 Å². The number of nitrogens with zero attached hydrogens (tertiary/aromatic N) is 2. The first-order chi connectivity index (χ1) is 9.75. The third-order valence-electron chi connectivity index (χ3n) is 4.04. The summed E-state index contributed by atoms with van der Waals surface area (Å²) in [6, 6.07) is 1.62. The molecule has 7 heteroatoms. The standard InChI is InChI=1S/C14H23N3O3S/c1-4-11-6-5-7-16(11)14(18)13-8-12(21(15,19)20)9-17(13)10(2)3/h8-11H,4-7H2,1-3H3,(H2,15,19,20). The SMILES string of the molecule is CCC1CCCN1C(=O)c1cc(S(N)(=O)=O)cn1C(C)C. The summed E-state index contributed by atoms with van der Waals surface area (Å²) in [6.45, 7) is 6.61. The van der Waals surface area contributed by atoms with Crippen LogP contribution in [-0.2, 0) is 10.0 Å². The van der Waals surface area contributed by atoms with Crippen LogP contribution < -0.4 is 5.14 Å². The molecule has 1 saturated heterocycles. The van der Waals surface area contributed by atoms with Gasteiger partial charge in [-0.05, 0) is 39.2 Å². The fourth-order valence-electron chi connectivity index (χ4n) is 2.88. The number of nitrogens with two attached hydrogens (primary N) is 1. The lowest BCUT2D eigenvalue weighted by molar-refractivity contribution is 0.0721. The zero-order chi connectivity index (χ0) is 15.8. The number of carbonyl (C=O) groups is 1. The molecule has 1 atom stereocenters. The molecule has 1 aliphatic rings. The fraction of sp³-hybridized carbons (Fsp3) is 0.643. The van der Waals surface area contributed by atoms with E-state index in [-0.39, 0.29) is 22.9 Å². The Balaban J connectivity index is 2.42. The maximum atomic E-state index is 12.8. The normalized spacial score (nSPS) is 19.5. The van der Waals surface area contributed by atoms with Crippen LogP contribution in [0.25, 0.3) is 0 Å². The van der Waals surface area contributed by atoms with Gasteiger partial charge in [-0.2, -0.15) is 0 Å². The molecule has 1 unspecified atom stereocenters. The second-order valence-electron chi connectivity index (χ2n) is 5.81. The summed E-state index contributed by atoms with van der Waals surface area (Å²) < 4.78 is 24.7. The number of aromatic nitrogens is 1. The quantitative estimate of drug-likeness (QED) is 0.918. The molecule has 118 valence electrons. The maximum Gasteiger partial charge on any atom is 0.270 e. The summed E-state index contributed by atoms with van der Waals surface area (Å²) in [5.74, 6) is -0.108. The first kappa shape index (κ1) is 16.0. The molecule has 0 radical (unpaired) electrons. The second kappa shape index (κ2) is 5.81. The highest BCUT2D eigenvalue weighted by Gasteiger charge is 2.31. The van der Waals surface area contributed by atoms with Gasteiger partial charge in [0.2, 0.25) is 10.0 Å². The Labute approximate surface area is 126 Å². The highest BCUT2D eigenvalue weighted by atomic mass is 32.2. The number of hydrogen-bond acceptors (Lipinski definition) is 3. The number of rotatable bonds is 4. The number of hydrogen-bond donors (Lipinski definition) is 1. The van der Waals surface area contributed by atoms with E-state index in [2.05, 4.69) is 6.92 Å². The van der Waals surface area contributed by atoms with Gasteiger partial charge < -0.3 is 9.47 Å². The van der Waals surface area contributed by atoms with Crippen LogP contribution >= 0.6 is 0 Å². The highest BCUT2D eigenvalue weighted by molar-refractivity contribution is 7.89. The van der Waals surface area contributed by atoms with E-state index in [0.29, 0.717) is 5.69 Å². The molecule has 1 aliphatic heterocycles. The Bertz CT molecular complexity index is 634. The monoisotopic (exact) mass is 313 g/mol. The van der Waals surface area contributed by atoms with Crippen molar-refractivity contribution in [2.75, 3.05) is 6.54 Å². The van der Waals surface area contributed by atoms with Crippen molar-refractivity contribution in [1.29, 1.82) is 0 Å². The lowest BCUT2D eigenvalue weighted by Gasteiger charge is -2.25.